The van der Waals surface area contributed by atoms with Crippen LogP contribution in [0.2, 0.25) is 0 Å². The van der Waals surface area contributed by atoms with Crippen molar-refractivity contribution < 1.29 is 68.2 Å². The molecule has 3 aromatic rings. The van der Waals surface area contributed by atoms with E-state index in [1.54, 1.807) is 25.3 Å². The molecule has 14 nitrogen and oxygen atoms in total. The van der Waals surface area contributed by atoms with Crippen molar-refractivity contribution in [3.05, 3.63) is 82.9 Å². The van der Waals surface area contributed by atoms with Crippen LogP contribution < -0.4 is 18.9 Å². The molecule has 1 fully saturated rings. The van der Waals surface area contributed by atoms with Gasteiger partial charge in [-0.1, -0.05) is 24.3 Å². The van der Waals surface area contributed by atoms with Crippen LogP contribution in [0, 0.1) is 0 Å². The SMILES string of the molecule is COC/C=C/c1cc(OC)c2c(c1)C(COC1OC(COC(=O)/C=C/c3ccc(O)c(OC)c3)[C@H](O)[C@H](O)[C@@H]1O)C(c1ccc(O)c(OC)c1)O2. The number of phenolic OH excluding ortho intramolecular Hbond substituents is 2. The molecule has 5 rings (SSSR count). The Morgan fingerprint density at radius 3 is 2.18 bits per heavy atom. The van der Waals surface area contributed by atoms with E-state index in [4.69, 9.17) is 37.9 Å². The summed E-state index contributed by atoms with van der Waals surface area (Å²) in [5.74, 6) is -0.0128. The van der Waals surface area contributed by atoms with E-state index >= 15 is 0 Å². The molecule has 0 amide bonds. The smallest absolute Gasteiger partial charge is 0.330 e. The van der Waals surface area contributed by atoms with Gasteiger partial charge in [0, 0.05) is 18.7 Å². The zero-order chi connectivity index (χ0) is 36.7. The Bertz CT molecular complexity index is 1720. The summed E-state index contributed by atoms with van der Waals surface area (Å²) in [5.41, 5.74) is 2.72. The highest BCUT2D eigenvalue weighted by Gasteiger charge is 2.46. The van der Waals surface area contributed by atoms with Crippen molar-refractivity contribution in [1.82, 2.24) is 0 Å². The second-order valence-electron chi connectivity index (χ2n) is 11.8. The highest BCUT2D eigenvalue weighted by Crippen LogP contribution is 2.52. The van der Waals surface area contributed by atoms with Crippen LogP contribution in [0.4, 0.5) is 0 Å². The summed E-state index contributed by atoms with van der Waals surface area (Å²) in [5, 5.41) is 52.2. The summed E-state index contributed by atoms with van der Waals surface area (Å²) < 4.78 is 44.9. The molecule has 2 heterocycles. The lowest BCUT2D eigenvalue weighted by molar-refractivity contribution is -0.302. The van der Waals surface area contributed by atoms with Crippen LogP contribution in [0.15, 0.2) is 60.7 Å². The average molecular weight is 711 g/mol. The summed E-state index contributed by atoms with van der Waals surface area (Å²) in [6.07, 6.45) is -1.99. The molecule has 0 radical (unpaired) electrons. The summed E-state index contributed by atoms with van der Waals surface area (Å²) in [6, 6.07) is 13.1. The molecule has 1 saturated heterocycles. The Morgan fingerprint density at radius 2 is 1.47 bits per heavy atom. The van der Waals surface area contributed by atoms with Gasteiger partial charge in [0.1, 0.15) is 37.1 Å². The van der Waals surface area contributed by atoms with Gasteiger partial charge in [-0.05, 0) is 59.2 Å². The molecule has 0 bridgehead atoms. The van der Waals surface area contributed by atoms with Crippen molar-refractivity contribution in [2.75, 3.05) is 48.3 Å². The largest absolute Gasteiger partial charge is 0.504 e. The first-order chi connectivity index (χ1) is 24.6. The lowest BCUT2D eigenvalue weighted by atomic mass is 9.90. The zero-order valence-electron chi connectivity index (χ0n) is 28.5. The minimum Gasteiger partial charge on any atom is -0.504 e. The molecule has 51 heavy (non-hydrogen) atoms. The Morgan fingerprint density at radius 1 is 0.784 bits per heavy atom. The van der Waals surface area contributed by atoms with E-state index in [0.29, 0.717) is 29.2 Å². The van der Waals surface area contributed by atoms with Crippen LogP contribution in [0.5, 0.6) is 34.5 Å². The fraction of sp³-hybridized carbons (Fsp3) is 0.378. The molecular weight excluding hydrogens is 668 g/mol. The lowest BCUT2D eigenvalue weighted by Gasteiger charge is -2.40. The molecule has 0 spiro atoms. The number of aliphatic hydroxyl groups is 3. The van der Waals surface area contributed by atoms with Gasteiger partial charge >= 0.3 is 5.97 Å². The number of carbonyl (C=O) groups excluding carboxylic acids is 1. The zero-order valence-corrected chi connectivity index (χ0v) is 28.5. The summed E-state index contributed by atoms with van der Waals surface area (Å²) >= 11 is 0. The number of methoxy groups -OCH3 is 4. The van der Waals surface area contributed by atoms with Crippen molar-refractivity contribution in [3.63, 3.8) is 0 Å². The number of esters is 1. The summed E-state index contributed by atoms with van der Waals surface area (Å²) in [7, 11) is 5.95. The first kappa shape index (κ1) is 37.4. The lowest BCUT2D eigenvalue weighted by Crippen LogP contribution is -2.59. The van der Waals surface area contributed by atoms with Crippen LogP contribution >= 0.6 is 0 Å². The van der Waals surface area contributed by atoms with Crippen molar-refractivity contribution in [1.29, 1.82) is 0 Å². The van der Waals surface area contributed by atoms with Crippen molar-refractivity contribution >= 4 is 18.1 Å². The molecule has 7 atom stereocenters. The summed E-state index contributed by atoms with van der Waals surface area (Å²) in [6.45, 7) is -0.179. The number of hydrogen-bond donors (Lipinski definition) is 5. The van der Waals surface area contributed by atoms with Crippen molar-refractivity contribution in [2.24, 2.45) is 0 Å². The van der Waals surface area contributed by atoms with E-state index < -0.39 is 55.3 Å². The second kappa shape index (κ2) is 16.9. The maximum atomic E-state index is 12.5. The first-order valence-electron chi connectivity index (χ1n) is 16.0. The number of aliphatic hydroxyl groups excluding tert-OH is 3. The summed E-state index contributed by atoms with van der Waals surface area (Å²) in [4.78, 5) is 12.5. The van der Waals surface area contributed by atoms with E-state index in [2.05, 4.69) is 0 Å². The predicted octanol–water partition coefficient (Wildman–Crippen LogP) is 3.08. The van der Waals surface area contributed by atoms with E-state index in [9.17, 15) is 30.3 Å². The molecule has 14 heteroatoms. The van der Waals surface area contributed by atoms with Crippen LogP contribution in [0.25, 0.3) is 12.2 Å². The van der Waals surface area contributed by atoms with Crippen molar-refractivity contribution in [3.8, 4) is 34.5 Å². The molecule has 0 aromatic heterocycles. The number of ether oxygens (including phenoxy) is 8. The number of aromatic hydroxyl groups is 2. The standard InChI is InChI=1S/C37H42O14/c1-44-13-5-6-21-14-23-24(35(51-36(23)29(16-21)47-4)22-9-11-26(39)28(17-22)46-3)18-49-37-34(43)33(42)32(41)30(50-37)19-48-31(40)12-8-20-7-10-25(38)27(15-20)45-2/h5-12,14-17,24,30,32-35,37-39,41-43H,13,18-19H2,1-4H3/b6-5+,12-8+/t24?,30?,32-,33-,34-,35?,37?/m0/s1. The molecule has 4 unspecified atom stereocenters. The number of phenols is 2. The van der Waals surface area contributed by atoms with Gasteiger partial charge in [0.05, 0.1) is 40.5 Å². The molecule has 2 aliphatic rings. The van der Waals surface area contributed by atoms with Gasteiger partial charge in [0.15, 0.2) is 40.8 Å². The third kappa shape index (κ3) is 8.56. The van der Waals surface area contributed by atoms with Crippen LogP contribution in [0.1, 0.15) is 34.3 Å². The van der Waals surface area contributed by atoms with Gasteiger partial charge in [-0.25, -0.2) is 4.79 Å². The quantitative estimate of drug-likeness (QED) is 0.121. The van der Waals surface area contributed by atoms with E-state index in [-0.39, 0.29) is 29.6 Å². The third-order valence-electron chi connectivity index (χ3n) is 8.56. The maximum absolute atomic E-state index is 12.5. The fourth-order valence-corrected chi connectivity index (χ4v) is 5.86. The second-order valence-corrected chi connectivity index (χ2v) is 11.8. The van der Waals surface area contributed by atoms with Gasteiger partial charge in [-0.2, -0.15) is 0 Å². The van der Waals surface area contributed by atoms with Crippen LogP contribution in [-0.4, -0.2) is 110 Å². The highest BCUT2D eigenvalue weighted by atomic mass is 16.7. The average Bonchev–Trinajstić information content (AvgIpc) is 3.51. The van der Waals surface area contributed by atoms with Crippen LogP contribution in [-0.2, 0) is 23.7 Å². The van der Waals surface area contributed by atoms with E-state index in [1.807, 2.05) is 24.3 Å². The minimum atomic E-state index is -1.69. The first-order valence-corrected chi connectivity index (χ1v) is 16.0. The maximum Gasteiger partial charge on any atom is 0.330 e. The number of carbonyl (C=O) groups is 1. The molecule has 5 N–H and O–H groups in total. The molecule has 0 saturated carbocycles. The predicted molar refractivity (Wildman–Crippen MR) is 182 cm³/mol. The van der Waals surface area contributed by atoms with Gasteiger partial charge in [0.2, 0.25) is 0 Å². The topological polar surface area (TPSA) is 192 Å². The van der Waals surface area contributed by atoms with Gasteiger partial charge in [-0.3, -0.25) is 0 Å². The normalized spacial score (nSPS) is 24.3. The highest BCUT2D eigenvalue weighted by molar-refractivity contribution is 5.87. The Kier molecular flexibility index (Phi) is 12.4. The molecule has 2 aliphatic heterocycles. The van der Waals surface area contributed by atoms with Gasteiger partial charge in [-0.15, -0.1) is 0 Å². The third-order valence-corrected chi connectivity index (χ3v) is 8.56. The number of benzene rings is 3. The van der Waals surface area contributed by atoms with Crippen LogP contribution in [0.3, 0.4) is 0 Å². The van der Waals surface area contributed by atoms with E-state index in [0.717, 1.165) is 17.2 Å². The Hall–Kier alpha value is -4.83. The monoisotopic (exact) mass is 710 g/mol. The minimum absolute atomic E-state index is 0.0539. The molecule has 274 valence electrons. The number of hydrogen-bond acceptors (Lipinski definition) is 14. The fourth-order valence-electron chi connectivity index (χ4n) is 5.86. The van der Waals surface area contributed by atoms with E-state index in [1.165, 1.54) is 45.6 Å². The Balaban J connectivity index is 1.34. The molecular formula is C37H42O14. The molecule has 0 aliphatic carbocycles. The van der Waals surface area contributed by atoms with Crippen molar-refractivity contribution in [2.45, 2.75) is 42.7 Å². The Labute approximate surface area is 294 Å². The number of rotatable bonds is 14. The van der Waals surface area contributed by atoms with Gasteiger partial charge in [0.25, 0.3) is 0 Å². The van der Waals surface area contributed by atoms with Gasteiger partial charge < -0.3 is 63.4 Å². The number of fused-ring (bicyclic) bond motifs is 1. The molecule has 3 aromatic carbocycles.